The molecule has 1 aromatic rings. The Morgan fingerprint density at radius 3 is 2.47 bits per heavy atom. The number of aldehydes is 1. The summed E-state index contributed by atoms with van der Waals surface area (Å²) in [7, 11) is 5.99. The van der Waals surface area contributed by atoms with Gasteiger partial charge in [0.05, 0.1) is 5.69 Å². The van der Waals surface area contributed by atoms with Gasteiger partial charge in [0, 0.05) is 24.7 Å². The van der Waals surface area contributed by atoms with Crippen LogP contribution >= 0.6 is 0 Å². The average Bonchev–Trinajstić information content (AvgIpc) is 2.32. The first kappa shape index (κ1) is 14.0. The van der Waals surface area contributed by atoms with Gasteiger partial charge in [-0.3, -0.25) is 4.79 Å². The van der Waals surface area contributed by atoms with Crippen molar-refractivity contribution in [3.05, 3.63) is 29.6 Å². The van der Waals surface area contributed by atoms with Gasteiger partial charge in [0.1, 0.15) is 5.82 Å². The molecule has 0 aliphatic heterocycles. The molecular weight excluding hydrogens is 243 g/mol. The predicted octanol–water partition coefficient (Wildman–Crippen LogP) is 2.56. The monoisotopic (exact) mass is 264 g/mol. The van der Waals surface area contributed by atoms with E-state index in [9.17, 15) is 9.18 Å². The fourth-order valence-electron chi connectivity index (χ4n) is 2.88. The first-order valence-electron chi connectivity index (χ1n) is 6.62. The predicted molar refractivity (Wildman–Crippen MR) is 75.3 cm³/mol. The number of halogens is 1. The molecule has 2 rings (SSSR count). The SMILES string of the molecule is CN(CC1(N(C)C)CCC1)c1c(F)cccc1C=O. The van der Waals surface area contributed by atoms with Crippen molar-refractivity contribution in [2.24, 2.45) is 0 Å². The van der Waals surface area contributed by atoms with E-state index in [1.54, 1.807) is 12.1 Å². The van der Waals surface area contributed by atoms with E-state index in [0.717, 1.165) is 25.7 Å². The van der Waals surface area contributed by atoms with Crippen LogP contribution < -0.4 is 4.90 Å². The quantitative estimate of drug-likeness (QED) is 0.764. The first-order chi connectivity index (χ1) is 9.00. The largest absolute Gasteiger partial charge is 0.370 e. The molecule has 0 N–H and O–H groups in total. The van der Waals surface area contributed by atoms with Crippen LogP contribution in [-0.2, 0) is 0 Å². The summed E-state index contributed by atoms with van der Waals surface area (Å²) in [4.78, 5) is 15.2. The molecule has 4 heteroatoms. The number of hydrogen-bond donors (Lipinski definition) is 0. The molecule has 0 aromatic heterocycles. The van der Waals surface area contributed by atoms with E-state index in [0.29, 0.717) is 11.3 Å². The number of carbonyl (C=O) groups excluding carboxylic acids is 1. The molecule has 0 heterocycles. The number of anilines is 1. The summed E-state index contributed by atoms with van der Waals surface area (Å²) in [6.45, 7) is 0.738. The van der Waals surface area contributed by atoms with Gasteiger partial charge in [0.2, 0.25) is 0 Å². The van der Waals surface area contributed by atoms with E-state index in [1.807, 2.05) is 11.9 Å². The van der Waals surface area contributed by atoms with Crippen molar-refractivity contribution >= 4 is 12.0 Å². The Balaban J connectivity index is 2.25. The lowest BCUT2D eigenvalue weighted by Crippen LogP contribution is -2.57. The second kappa shape index (κ2) is 5.29. The third kappa shape index (κ3) is 2.50. The van der Waals surface area contributed by atoms with Gasteiger partial charge in [-0.15, -0.1) is 0 Å². The maximum Gasteiger partial charge on any atom is 0.152 e. The maximum atomic E-state index is 14.0. The Morgan fingerprint density at radius 1 is 1.32 bits per heavy atom. The molecule has 0 bridgehead atoms. The lowest BCUT2D eigenvalue weighted by Gasteiger charge is -2.49. The van der Waals surface area contributed by atoms with Crippen LogP contribution in [0.5, 0.6) is 0 Å². The summed E-state index contributed by atoms with van der Waals surface area (Å²) in [5.74, 6) is -0.333. The van der Waals surface area contributed by atoms with Crippen LogP contribution in [0.15, 0.2) is 18.2 Å². The van der Waals surface area contributed by atoms with E-state index >= 15 is 0 Å². The molecule has 1 aromatic carbocycles. The van der Waals surface area contributed by atoms with Crippen molar-refractivity contribution in [3.63, 3.8) is 0 Å². The number of benzene rings is 1. The highest BCUT2D eigenvalue weighted by molar-refractivity contribution is 5.84. The fraction of sp³-hybridized carbons (Fsp3) is 0.533. The number of rotatable bonds is 5. The van der Waals surface area contributed by atoms with E-state index in [4.69, 9.17) is 0 Å². The number of carbonyl (C=O) groups is 1. The summed E-state index contributed by atoms with van der Waals surface area (Å²) >= 11 is 0. The molecule has 0 atom stereocenters. The Labute approximate surface area is 114 Å². The van der Waals surface area contributed by atoms with Gasteiger partial charge in [-0.25, -0.2) is 4.39 Å². The minimum Gasteiger partial charge on any atom is -0.370 e. The molecule has 1 fully saturated rings. The van der Waals surface area contributed by atoms with Gasteiger partial charge in [-0.1, -0.05) is 6.07 Å². The van der Waals surface area contributed by atoms with Gasteiger partial charge in [0.25, 0.3) is 0 Å². The van der Waals surface area contributed by atoms with Crippen molar-refractivity contribution in [1.29, 1.82) is 0 Å². The van der Waals surface area contributed by atoms with Gasteiger partial charge >= 0.3 is 0 Å². The molecular formula is C15H21FN2O. The van der Waals surface area contributed by atoms with Gasteiger partial charge in [-0.2, -0.15) is 0 Å². The molecule has 0 radical (unpaired) electrons. The van der Waals surface area contributed by atoms with E-state index < -0.39 is 0 Å². The molecule has 0 unspecified atom stereocenters. The molecule has 0 saturated heterocycles. The Morgan fingerprint density at radius 2 is 2.00 bits per heavy atom. The third-order valence-electron chi connectivity index (χ3n) is 4.29. The number of likely N-dealkylation sites (N-methyl/N-ethyl adjacent to an activating group) is 2. The van der Waals surface area contributed by atoms with Crippen molar-refractivity contribution in [1.82, 2.24) is 4.90 Å². The molecule has 19 heavy (non-hydrogen) atoms. The minimum absolute atomic E-state index is 0.108. The smallest absolute Gasteiger partial charge is 0.152 e. The molecule has 3 nitrogen and oxygen atoms in total. The summed E-state index contributed by atoms with van der Waals surface area (Å²) < 4.78 is 14.0. The van der Waals surface area contributed by atoms with Crippen LogP contribution in [0.3, 0.4) is 0 Å². The van der Waals surface area contributed by atoms with Crippen LogP contribution in [0.2, 0.25) is 0 Å². The van der Waals surface area contributed by atoms with Crippen molar-refractivity contribution < 1.29 is 9.18 Å². The minimum atomic E-state index is -0.333. The second-order valence-electron chi connectivity index (χ2n) is 5.62. The summed E-state index contributed by atoms with van der Waals surface area (Å²) in [5, 5.41) is 0. The van der Waals surface area contributed by atoms with Crippen LogP contribution in [0.25, 0.3) is 0 Å². The highest BCUT2D eigenvalue weighted by Gasteiger charge is 2.40. The lowest BCUT2D eigenvalue weighted by molar-refractivity contribution is 0.0681. The van der Waals surface area contributed by atoms with E-state index in [-0.39, 0.29) is 11.4 Å². The highest BCUT2D eigenvalue weighted by Crippen LogP contribution is 2.38. The summed E-state index contributed by atoms with van der Waals surface area (Å²) in [6, 6.07) is 4.63. The van der Waals surface area contributed by atoms with Crippen LogP contribution in [0.1, 0.15) is 29.6 Å². The fourth-order valence-corrected chi connectivity index (χ4v) is 2.88. The lowest BCUT2D eigenvalue weighted by atomic mass is 9.75. The van der Waals surface area contributed by atoms with Gasteiger partial charge in [-0.05, 0) is 45.5 Å². The Bertz CT molecular complexity index is 469. The molecule has 1 saturated carbocycles. The summed E-state index contributed by atoms with van der Waals surface area (Å²) in [5.41, 5.74) is 0.929. The zero-order valence-corrected chi connectivity index (χ0v) is 11.8. The van der Waals surface area contributed by atoms with E-state index in [1.165, 1.54) is 12.5 Å². The molecule has 0 spiro atoms. The van der Waals surface area contributed by atoms with E-state index in [2.05, 4.69) is 19.0 Å². The van der Waals surface area contributed by atoms with Crippen LogP contribution in [0.4, 0.5) is 10.1 Å². The molecule has 0 amide bonds. The average molecular weight is 264 g/mol. The number of para-hydroxylation sites is 1. The maximum absolute atomic E-state index is 14.0. The Hall–Kier alpha value is -1.42. The number of nitrogens with zero attached hydrogens (tertiary/aromatic N) is 2. The molecule has 104 valence electrons. The first-order valence-corrected chi connectivity index (χ1v) is 6.62. The third-order valence-corrected chi connectivity index (χ3v) is 4.29. The van der Waals surface area contributed by atoms with Gasteiger partial charge < -0.3 is 9.80 Å². The highest BCUT2D eigenvalue weighted by atomic mass is 19.1. The zero-order valence-electron chi connectivity index (χ0n) is 11.8. The topological polar surface area (TPSA) is 23.6 Å². The van der Waals surface area contributed by atoms with Gasteiger partial charge in [0.15, 0.2) is 6.29 Å². The van der Waals surface area contributed by atoms with Crippen LogP contribution in [0, 0.1) is 5.82 Å². The van der Waals surface area contributed by atoms with Crippen molar-refractivity contribution in [2.45, 2.75) is 24.8 Å². The summed E-state index contributed by atoms with van der Waals surface area (Å²) in [6.07, 6.45) is 4.17. The molecule has 1 aliphatic carbocycles. The van der Waals surface area contributed by atoms with Crippen LogP contribution in [-0.4, -0.2) is 44.4 Å². The van der Waals surface area contributed by atoms with Crippen molar-refractivity contribution in [2.75, 3.05) is 32.6 Å². The normalized spacial score (nSPS) is 17.1. The molecule has 1 aliphatic rings. The zero-order chi connectivity index (χ0) is 14.0. The standard InChI is InChI=1S/C15H21FN2O/c1-17(2)15(8-5-9-15)11-18(3)14-12(10-19)6-4-7-13(14)16/h4,6-7,10H,5,8-9,11H2,1-3H3. The Kier molecular flexibility index (Phi) is 3.90. The van der Waals surface area contributed by atoms with Crippen molar-refractivity contribution in [3.8, 4) is 0 Å². The second-order valence-corrected chi connectivity index (χ2v) is 5.62. The number of hydrogen-bond acceptors (Lipinski definition) is 3.